The predicted molar refractivity (Wildman–Crippen MR) is 151 cm³/mol. The number of thioether (sulfide) groups is 1. The van der Waals surface area contributed by atoms with Gasteiger partial charge in [0.25, 0.3) is 0 Å². The Balaban J connectivity index is 1.58. The molecular formula is C32H40O4S. The van der Waals surface area contributed by atoms with Crippen LogP contribution >= 0.6 is 11.8 Å². The molecule has 1 aliphatic rings. The van der Waals surface area contributed by atoms with Gasteiger partial charge in [0.1, 0.15) is 23.7 Å². The third kappa shape index (κ3) is 8.42. The molecule has 0 aromatic heterocycles. The molecule has 1 saturated heterocycles. The van der Waals surface area contributed by atoms with Gasteiger partial charge in [-0.05, 0) is 29.4 Å². The first kappa shape index (κ1) is 27.9. The summed E-state index contributed by atoms with van der Waals surface area (Å²) in [7, 11) is 0. The van der Waals surface area contributed by atoms with Crippen molar-refractivity contribution in [2.24, 2.45) is 0 Å². The molecule has 5 atom stereocenters. The fourth-order valence-electron chi connectivity index (χ4n) is 4.76. The van der Waals surface area contributed by atoms with Gasteiger partial charge < -0.3 is 18.9 Å². The Morgan fingerprint density at radius 2 is 1.08 bits per heavy atom. The third-order valence-corrected chi connectivity index (χ3v) is 7.62. The van der Waals surface area contributed by atoms with E-state index in [0.717, 1.165) is 29.5 Å². The zero-order valence-corrected chi connectivity index (χ0v) is 22.9. The van der Waals surface area contributed by atoms with Crippen molar-refractivity contribution in [2.75, 3.05) is 6.26 Å². The molecule has 0 amide bonds. The number of hydrogen-bond acceptors (Lipinski definition) is 5. The Morgan fingerprint density at radius 3 is 1.54 bits per heavy atom. The Bertz CT molecular complexity index is 1000. The lowest BCUT2D eigenvalue weighted by molar-refractivity contribution is -0.247. The quantitative estimate of drug-likeness (QED) is 0.207. The number of rotatable bonds is 14. The van der Waals surface area contributed by atoms with Crippen LogP contribution in [0.15, 0.2) is 91.0 Å². The van der Waals surface area contributed by atoms with Crippen molar-refractivity contribution in [1.29, 1.82) is 0 Å². The van der Waals surface area contributed by atoms with Crippen LogP contribution in [0, 0.1) is 0 Å². The highest BCUT2D eigenvalue weighted by molar-refractivity contribution is 7.99. The molecule has 5 heteroatoms. The van der Waals surface area contributed by atoms with Crippen molar-refractivity contribution in [3.8, 4) is 0 Å². The fraction of sp³-hybridized carbons (Fsp3) is 0.438. The predicted octanol–water partition coefficient (Wildman–Crippen LogP) is 7.41. The zero-order chi connectivity index (χ0) is 25.7. The molecule has 4 nitrogen and oxygen atoms in total. The average molecular weight is 521 g/mol. The maximum Gasteiger partial charge on any atom is 0.132 e. The minimum absolute atomic E-state index is 0.0509. The largest absolute Gasteiger partial charge is 0.368 e. The van der Waals surface area contributed by atoms with E-state index in [-0.39, 0.29) is 29.9 Å². The Kier molecular flexibility index (Phi) is 11.5. The van der Waals surface area contributed by atoms with Gasteiger partial charge in [-0.1, -0.05) is 117 Å². The van der Waals surface area contributed by atoms with Crippen molar-refractivity contribution < 1.29 is 18.9 Å². The Morgan fingerprint density at radius 1 is 0.622 bits per heavy atom. The van der Waals surface area contributed by atoms with E-state index < -0.39 is 0 Å². The minimum Gasteiger partial charge on any atom is -0.368 e. The monoisotopic (exact) mass is 520 g/mol. The van der Waals surface area contributed by atoms with Gasteiger partial charge in [0.2, 0.25) is 0 Å². The number of hydrogen-bond donors (Lipinski definition) is 0. The highest BCUT2D eigenvalue weighted by Crippen LogP contribution is 2.36. The van der Waals surface area contributed by atoms with E-state index in [1.165, 1.54) is 12.8 Å². The smallest absolute Gasteiger partial charge is 0.132 e. The highest BCUT2D eigenvalue weighted by atomic mass is 32.2. The van der Waals surface area contributed by atoms with Gasteiger partial charge in [0.15, 0.2) is 0 Å². The van der Waals surface area contributed by atoms with Crippen LogP contribution < -0.4 is 0 Å². The topological polar surface area (TPSA) is 36.9 Å². The lowest BCUT2D eigenvalue weighted by Gasteiger charge is -2.46. The molecule has 4 rings (SSSR count). The van der Waals surface area contributed by atoms with Crippen LogP contribution in [0.2, 0.25) is 0 Å². The molecule has 0 unspecified atom stereocenters. The maximum absolute atomic E-state index is 6.70. The third-order valence-electron chi connectivity index (χ3n) is 6.77. The average Bonchev–Trinajstić information content (AvgIpc) is 2.96. The second kappa shape index (κ2) is 15.3. The number of ether oxygens (including phenoxy) is 4. The van der Waals surface area contributed by atoms with Crippen LogP contribution in [0.1, 0.15) is 49.3 Å². The van der Waals surface area contributed by atoms with Crippen molar-refractivity contribution in [3.63, 3.8) is 0 Å². The lowest BCUT2D eigenvalue weighted by atomic mass is 9.94. The van der Waals surface area contributed by atoms with Crippen LogP contribution in [0.5, 0.6) is 0 Å². The van der Waals surface area contributed by atoms with Crippen LogP contribution in [-0.2, 0) is 38.8 Å². The summed E-state index contributed by atoms with van der Waals surface area (Å²) in [6, 6.07) is 31.0. The van der Waals surface area contributed by atoms with Gasteiger partial charge >= 0.3 is 0 Å². The SMILES string of the molecule is CCCCC[C@@H]1O[C@H](SC)[C@@H](OCc2ccccc2)[C@H](OCc2ccccc2)[C@@H]1OCc1ccccc1. The summed E-state index contributed by atoms with van der Waals surface area (Å²) in [5.74, 6) is 0. The summed E-state index contributed by atoms with van der Waals surface area (Å²) in [5.41, 5.74) is 3.29. The van der Waals surface area contributed by atoms with Crippen LogP contribution in [0.3, 0.4) is 0 Å². The summed E-state index contributed by atoms with van der Waals surface area (Å²) in [6.45, 7) is 3.75. The van der Waals surface area contributed by atoms with Gasteiger partial charge in [0, 0.05) is 0 Å². The summed E-state index contributed by atoms with van der Waals surface area (Å²) in [4.78, 5) is 0. The zero-order valence-electron chi connectivity index (χ0n) is 22.0. The van der Waals surface area contributed by atoms with E-state index in [9.17, 15) is 0 Å². The van der Waals surface area contributed by atoms with Gasteiger partial charge in [-0.3, -0.25) is 0 Å². The first-order valence-electron chi connectivity index (χ1n) is 13.4. The molecule has 1 aliphatic heterocycles. The molecule has 3 aromatic carbocycles. The second-order valence-electron chi connectivity index (χ2n) is 9.56. The second-order valence-corrected chi connectivity index (χ2v) is 10.5. The van der Waals surface area contributed by atoms with Crippen molar-refractivity contribution in [3.05, 3.63) is 108 Å². The highest BCUT2D eigenvalue weighted by Gasteiger charge is 2.47. The van der Waals surface area contributed by atoms with Crippen molar-refractivity contribution in [2.45, 2.75) is 82.3 Å². The van der Waals surface area contributed by atoms with E-state index in [1.807, 2.05) is 54.6 Å². The van der Waals surface area contributed by atoms with E-state index in [0.29, 0.717) is 19.8 Å². The molecule has 1 heterocycles. The van der Waals surface area contributed by atoms with Crippen LogP contribution in [0.4, 0.5) is 0 Å². The Labute approximate surface area is 226 Å². The normalized spacial score (nSPS) is 23.7. The molecule has 0 radical (unpaired) electrons. The lowest BCUT2D eigenvalue weighted by Crippen LogP contribution is -2.59. The van der Waals surface area contributed by atoms with Gasteiger partial charge in [-0.2, -0.15) is 0 Å². The van der Waals surface area contributed by atoms with Gasteiger partial charge in [0.05, 0.1) is 25.9 Å². The van der Waals surface area contributed by atoms with Crippen molar-refractivity contribution >= 4 is 11.8 Å². The number of unbranched alkanes of at least 4 members (excludes halogenated alkanes) is 2. The minimum atomic E-state index is -0.262. The molecule has 0 aliphatic carbocycles. The fourth-order valence-corrected chi connectivity index (χ4v) is 5.52. The van der Waals surface area contributed by atoms with E-state index >= 15 is 0 Å². The summed E-state index contributed by atoms with van der Waals surface area (Å²) >= 11 is 1.69. The van der Waals surface area contributed by atoms with Gasteiger partial charge in [-0.25, -0.2) is 0 Å². The summed E-state index contributed by atoms with van der Waals surface area (Å²) < 4.78 is 26.6. The number of benzene rings is 3. The van der Waals surface area contributed by atoms with E-state index in [2.05, 4.69) is 49.6 Å². The molecule has 3 aromatic rings. The molecular weight excluding hydrogens is 480 g/mol. The summed E-state index contributed by atoms with van der Waals surface area (Å²) in [6.07, 6.45) is 5.69. The molecule has 198 valence electrons. The van der Waals surface area contributed by atoms with E-state index in [4.69, 9.17) is 18.9 Å². The summed E-state index contributed by atoms with van der Waals surface area (Å²) in [5, 5.41) is 0. The van der Waals surface area contributed by atoms with Crippen molar-refractivity contribution in [1.82, 2.24) is 0 Å². The first-order valence-corrected chi connectivity index (χ1v) is 14.7. The van der Waals surface area contributed by atoms with Gasteiger partial charge in [-0.15, -0.1) is 11.8 Å². The molecule has 0 N–H and O–H groups in total. The molecule has 0 spiro atoms. The Hall–Kier alpha value is -2.15. The first-order chi connectivity index (χ1) is 18.3. The maximum atomic E-state index is 6.70. The molecule has 0 bridgehead atoms. The molecule has 0 saturated carbocycles. The van der Waals surface area contributed by atoms with E-state index in [1.54, 1.807) is 11.8 Å². The molecule has 1 fully saturated rings. The standard InChI is InChI=1S/C32H40O4S/c1-3-4-8-21-28-29(33-22-25-15-9-5-10-16-25)30(34-23-26-17-11-6-12-18-26)31(32(36-28)37-2)35-24-27-19-13-7-14-20-27/h5-7,9-20,28-32H,3-4,8,21-24H2,1-2H3/t28-,29+,30+,31-,32+/m0/s1. The van der Waals surface area contributed by atoms with Crippen LogP contribution in [-0.4, -0.2) is 36.1 Å². The van der Waals surface area contributed by atoms with Crippen LogP contribution in [0.25, 0.3) is 0 Å². The molecule has 37 heavy (non-hydrogen) atoms.